The van der Waals surface area contributed by atoms with Crippen LogP contribution < -0.4 is 21.1 Å². The van der Waals surface area contributed by atoms with Crippen LogP contribution in [-0.2, 0) is 4.79 Å². The summed E-state index contributed by atoms with van der Waals surface area (Å²) in [7, 11) is 0. The highest BCUT2D eigenvalue weighted by atomic mass is 19.3. The Morgan fingerprint density at radius 3 is 2.58 bits per heavy atom. The quantitative estimate of drug-likeness (QED) is 0.768. The van der Waals surface area contributed by atoms with E-state index in [1.54, 1.807) is 6.92 Å². The molecule has 1 rings (SSSR count). The molecule has 5 nitrogen and oxygen atoms in total. The second-order valence-electron chi connectivity index (χ2n) is 3.70. The zero-order chi connectivity index (χ0) is 14.6. The van der Waals surface area contributed by atoms with Crippen molar-refractivity contribution in [3.05, 3.63) is 17.9 Å². The second kappa shape index (κ2) is 6.17. The van der Waals surface area contributed by atoms with Crippen LogP contribution in [0.25, 0.3) is 0 Å². The van der Waals surface area contributed by atoms with Gasteiger partial charge in [0.25, 0.3) is 0 Å². The molecule has 8 heteroatoms. The highest BCUT2D eigenvalue weighted by Crippen LogP contribution is 2.31. The summed E-state index contributed by atoms with van der Waals surface area (Å²) in [4.78, 5) is 12.3. The molecule has 4 N–H and O–H groups in total. The first-order valence-corrected chi connectivity index (χ1v) is 5.42. The van der Waals surface area contributed by atoms with Crippen LogP contribution in [-0.4, -0.2) is 25.6 Å². The maximum Gasteiger partial charge on any atom is 0.387 e. The van der Waals surface area contributed by atoms with Gasteiger partial charge in [-0.15, -0.1) is 0 Å². The van der Waals surface area contributed by atoms with Crippen molar-refractivity contribution in [1.82, 2.24) is 0 Å². The maximum atomic E-state index is 13.4. The molecule has 1 aromatic rings. The summed E-state index contributed by atoms with van der Waals surface area (Å²) in [6.07, 6.45) is 0. The Labute approximate surface area is 107 Å². The van der Waals surface area contributed by atoms with Gasteiger partial charge in [-0.3, -0.25) is 4.79 Å². The fourth-order valence-electron chi connectivity index (χ4n) is 1.57. The summed E-state index contributed by atoms with van der Waals surface area (Å²) in [6, 6.07) is 1.87. The Morgan fingerprint density at radius 1 is 1.47 bits per heavy atom. The summed E-state index contributed by atoms with van der Waals surface area (Å²) < 4.78 is 41.6. The number of hydrogen-bond donors (Lipinski definition) is 2. The van der Waals surface area contributed by atoms with Crippen LogP contribution in [0.3, 0.4) is 0 Å². The lowest BCUT2D eigenvalue weighted by Crippen LogP contribution is -2.34. The third-order valence-electron chi connectivity index (χ3n) is 2.37. The molecular formula is C11H14F3N3O2. The number of alkyl halides is 2. The molecule has 0 aliphatic carbocycles. The average molecular weight is 277 g/mol. The highest BCUT2D eigenvalue weighted by molar-refractivity contribution is 5.82. The number of benzene rings is 1. The Hall–Kier alpha value is -2.12. The van der Waals surface area contributed by atoms with Crippen molar-refractivity contribution in [1.29, 1.82) is 0 Å². The van der Waals surface area contributed by atoms with Gasteiger partial charge in [-0.05, 0) is 6.92 Å². The number of anilines is 2. The number of primary amides is 1. The molecule has 106 valence electrons. The van der Waals surface area contributed by atoms with Gasteiger partial charge >= 0.3 is 6.61 Å². The summed E-state index contributed by atoms with van der Waals surface area (Å²) in [5.41, 5.74) is 10.9. The van der Waals surface area contributed by atoms with Crippen LogP contribution in [0, 0.1) is 5.82 Å². The van der Waals surface area contributed by atoms with E-state index < -0.39 is 24.1 Å². The minimum atomic E-state index is -3.16. The van der Waals surface area contributed by atoms with E-state index in [4.69, 9.17) is 11.5 Å². The van der Waals surface area contributed by atoms with Gasteiger partial charge in [0.15, 0.2) is 11.6 Å². The van der Waals surface area contributed by atoms with Gasteiger partial charge < -0.3 is 21.1 Å². The Morgan fingerprint density at radius 2 is 2.11 bits per heavy atom. The number of nitrogen functional groups attached to an aromatic ring is 1. The van der Waals surface area contributed by atoms with Crippen LogP contribution in [0.2, 0.25) is 0 Å². The largest absolute Gasteiger partial charge is 0.432 e. The molecule has 0 radical (unpaired) electrons. The van der Waals surface area contributed by atoms with Crippen molar-refractivity contribution in [3.63, 3.8) is 0 Å². The van der Waals surface area contributed by atoms with E-state index in [0.29, 0.717) is 6.54 Å². The van der Waals surface area contributed by atoms with Crippen LogP contribution in [0.4, 0.5) is 24.5 Å². The van der Waals surface area contributed by atoms with Gasteiger partial charge in [0.2, 0.25) is 5.91 Å². The minimum Gasteiger partial charge on any atom is -0.432 e. The molecule has 1 aromatic carbocycles. The van der Waals surface area contributed by atoms with E-state index in [1.807, 2.05) is 0 Å². The van der Waals surface area contributed by atoms with Crippen molar-refractivity contribution < 1.29 is 22.7 Å². The summed E-state index contributed by atoms with van der Waals surface area (Å²) in [5, 5.41) is 0. The maximum absolute atomic E-state index is 13.4. The summed E-state index contributed by atoms with van der Waals surface area (Å²) >= 11 is 0. The van der Waals surface area contributed by atoms with Gasteiger partial charge in [-0.25, -0.2) is 4.39 Å². The van der Waals surface area contributed by atoms with Crippen molar-refractivity contribution in [3.8, 4) is 5.75 Å². The molecule has 0 heterocycles. The lowest BCUT2D eigenvalue weighted by Gasteiger charge is -2.23. The minimum absolute atomic E-state index is 0.00205. The fraction of sp³-hybridized carbons (Fsp3) is 0.364. The first kappa shape index (κ1) is 14.9. The predicted molar refractivity (Wildman–Crippen MR) is 64.5 cm³/mol. The molecule has 19 heavy (non-hydrogen) atoms. The highest BCUT2D eigenvalue weighted by Gasteiger charge is 2.17. The van der Waals surface area contributed by atoms with Crippen molar-refractivity contribution >= 4 is 17.3 Å². The molecule has 0 fully saturated rings. The zero-order valence-corrected chi connectivity index (χ0v) is 10.2. The zero-order valence-electron chi connectivity index (χ0n) is 10.2. The van der Waals surface area contributed by atoms with Crippen molar-refractivity contribution in [2.45, 2.75) is 13.5 Å². The fourth-order valence-corrected chi connectivity index (χ4v) is 1.57. The molecular weight excluding hydrogens is 263 g/mol. The van der Waals surface area contributed by atoms with Crippen LogP contribution in [0.5, 0.6) is 5.75 Å². The van der Waals surface area contributed by atoms with Gasteiger partial charge in [0, 0.05) is 18.7 Å². The molecule has 0 aliphatic heterocycles. The number of ether oxygens (including phenoxy) is 1. The molecule has 0 bridgehead atoms. The van der Waals surface area contributed by atoms with Crippen LogP contribution in [0.1, 0.15) is 6.92 Å². The van der Waals surface area contributed by atoms with Crippen LogP contribution in [0.15, 0.2) is 12.1 Å². The monoisotopic (exact) mass is 277 g/mol. The first-order valence-electron chi connectivity index (χ1n) is 5.42. The third kappa shape index (κ3) is 3.94. The number of halogens is 3. The number of rotatable bonds is 6. The molecule has 1 amide bonds. The molecule has 0 unspecified atom stereocenters. The number of carbonyl (C=O) groups is 1. The number of likely N-dealkylation sites (N-methyl/N-ethyl adjacent to an activating group) is 1. The van der Waals surface area contributed by atoms with Crippen molar-refractivity contribution in [2.24, 2.45) is 5.73 Å². The molecule has 0 spiro atoms. The smallest absolute Gasteiger partial charge is 0.387 e. The third-order valence-corrected chi connectivity index (χ3v) is 2.37. The summed E-state index contributed by atoms with van der Waals surface area (Å²) in [6.45, 7) is -1.27. The SMILES string of the molecule is CCN(CC(N)=O)c1cc(OC(F)F)c(F)cc1N. The molecule has 0 atom stereocenters. The van der Waals surface area contributed by atoms with Crippen LogP contribution >= 0.6 is 0 Å². The van der Waals surface area contributed by atoms with E-state index in [0.717, 1.165) is 12.1 Å². The van der Waals surface area contributed by atoms with E-state index in [9.17, 15) is 18.0 Å². The van der Waals surface area contributed by atoms with E-state index in [-0.39, 0.29) is 17.9 Å². The topological polar surface area (TPSA) is 81.6 Å². The second-order valence-corrected chi connectivity index (χ2v) is 3.70. The van der Waals surface area contributed by atoms with Gasteiger partial charge in [0.05, 0.1) is 17.9 Å². The lowest BCUT2D eigenvalue weighted by atomic mass is 10.2. The molecule has 0 saturated heterocycles. The number of nitrogens with zero attached hydrogens (tertiary/aromatic N) is 1. The first-order chi connectivity index (χ1) is 8.85. The average Bonchev–Trinajstić information content (AvgIpc) is 2.29. The van der Waals surface area contributed by atoms with Crippen molar-refractivity contribution in [2.75, 3.05) is 23.7 Å². The lowest BCUT2D eigenvalue weighted by molar-refractivity contribution is -0.116. The van der Waals surface area contributed by atoms with Gasteiger partial charge in [0.1, 0.15) is 0 Å². The van der Waals surface area contributed by atoms with E-state index >= 15 is 0 Å². The number of nitrogens with two attached hydrogens (primary N) is 2. The Balaban J connectivity index is 3.14. The number of carbonyl (C=O) groups excluding carboxylic acids is 1. The van der Waals surface area contributed by atoms with Gasteiger partial charge in [-0.1, -0.05) is 0 Å². The summed E-state index contributed by atoms with van der Waals surface area (Å²) in [5.74, 6) is -2.26. The Kier molecular flexibility index (Phi) is 4.85. The molecule has 0 saturated carbocycles. The normalized spacial score (nSPS) is 10.6. The predicted octanol–water partition coefficient (Wildman–Crippen LogP) is 1.32. The molecule has 0 aromatic heterocycles. The molecule has 0 aliphatic rings. The number of amides is 1. The Bertz CT molecular complexity index is 469. The number of hydrogen-bond acceptors (Lipinski definition) is 4. The van der Waals surface area contributed by atoms with Gasteiger partial charge in [-0.2, -0.15) is 8.78 Å². The van der Waals surface area contributed by atoms with E-state index in [1.165, 1.54) is 4.90 Å². The standard InChI is InChI=1S/C11H14F3N3O2/c1-2-17(5-10(16)18)8-4-9(19-11(13)14)6(12)3-7(8)15/h3-4,11H,2,5,15H2,1H3,(H2,16,18). The van der Waals surface area contributed by atoms with E-state index in [2.05, 4.69) is 4.74 Å².